The van der Waals surface area contributed by atoms with Gasteiger partial charge in [-0.15, -0.1) is 11.3 Å². The van der Waals surface area contributed by atoms with Crippen LogP contribution >= 0.6 is 11.3 Å². The Morgan fingerprint density at radius 2 is 2.21 bits per heavy atom. The third-order valence-electron chi connectivity index (χ3n) is 5.81. The zero-order chi connectivity index (χ0) is 16.3. The first-order chi connectivity index (χ1) is 11.7. The molecule has 4 aliphatic heterocycles. The van der Waals surface area contributed by atoms with E-state index in [1.165, 1.54) is 4.88 Å². The lowest BCUT2D eigenvalue weighted by atomic mass is 9.76. The summed E-state index contributed by atoms with van der Waals surface area (Å²) < 4.78 is 6.18. The van der Waals surface area contributed by atoms with Crippen LogP contribution in [0.4, 0.5) is 0 Å². The fraction of sp³-hybridized carbons (Fsp3) is 0.556. The molecule has 5 heterocycles. The van der Waals surface area contributed by atoms with E-state index in [9.17, 15) is 9.59 Å². The average molecular weight is 344 g/mol. The van der Waals surface area contributed by atoms with Gasteiger partial charge in [0.2, 0.25) is 11.8 Å². The van der Waals surface area contributed by atoms with E-state index in [1.54, 1.807) is 11.3 Å². The quantitative estimate of drug-likeness (QED) is 0.784. The lowest BCUT2D eigenvalue weighted by molar-refractivity contribution is -0.142. The van der Waals surface area contributed by atoms with Crippen LogP contribution in [0.5, 0.6) is 0 Å². The van der Waals surface area contributed by atoms with Gasteiger partial charge in [-0.2, -0.15) is 0 Å². The largest absolute Gasteiger partial charge is 0.360 e. The maximum Gasteiger partial charge on any atom is 0.230 e. The molecule has 5 nitrogen and oxygen atoms in total. The van der Waals surface area contributed by atoms with Gasteiger partial charge >= 0.3 is 0 Å². The second-order valence-electron chi connectivity index (χ2n) is 7.21. The van der Waals surface area contributed by atoms with Crippen molar-refractivity contribution in [2.75, 3.05) is 19.6 Å². The molecule has 6 heteroatoms. The molecule has 5 rings (SSSR count). The number of amides is 2. The molecular weight excluding hydrogens is 324 g/mol. The van der Waals surface area contributed by atoms with Crippen LogP contribution in [-0.2, 0) is 20.9 Å². The van der Waals surface area contributed by atoms with E-state index in [-0.39, 0.29) is 29.8 Å². The van der Waals surface area contributed by atoms with Crippen LogP contribution in [0.3, 0.4) is 0 Å². The highest BCUT2D eigenvalue weighted by Crippen LogP contribution is 2.52. The maximum atomic E-state index is 13.1. The van der Waals surface area contributed by atoms with Crippen molar-refractivity contribution in [3.63, 3.8) is 0 Å². The third kappa shape index (κ3) is 1.96. The van der Waals surface area contributed by atoms with Gasteiger partial charge in [0.05, 0.1) is 31.0 Å². The molecule has 3 saturated heterocycles. The smallest absolute Gasteiger partial charge is 0.230 e. The predicted molar refractivity (Wildman–Crippen MR) is 89.3 cm³/mol. The molecule has 1 spiro atoms. The summed E-state index contributed by atoms with van der Waals surface area (Å²) in [6.07, 6.45) is 5.93. The Hall–Kier alpha value is -1.66. The summed E-state index contributed by atoms with van der Waals surface area (Å²) in [5.41, 5.74) is -0.584. The Bertz CT molecular complexity index is 710. The van der Waals surface area contributed by atoms with Crippen molar-refractivity contribution in [1.29, 1.82) is 0 Å². The van der Waals surface area contributed by atoms with E-state index in [0.717, 1.165) is 25.9 Å². The Kier molecular flexibility index (Phi) is 3.16. The number of carbonyl (C=O) groups excluding carboxylic acids is 2. The van der Waals surface area contributed by atoms with Crippen molar-refractivity contribution in [3.05, 3.63) is 34.5 Å². The highest BCUT2D eigenvalue weighted by molar-refractivity contribution is 7.09. The first kappa shape index (κ1) is 14.7. The Morgan fingerprint density at radius 3 is 2.96 bits per heavy atom. The maximum absolute atomic E-state index is 13.1. The average Bonchev–Trinajstić information content (AvgIpc) is 3.36. The van der Waals surface area contributed by atoms with Crippen molar-refractivity contribution in [3.8, 4) is 0 Å². The van der Waals surface area contributed by atoms with Gasteiger partial charge < -0.3 is 14.5 Å². The number of rotatable bonds is 3. The summed E-state index contributed by atoms with van der Waals surface area (Å²) in [4.78, 5) is 31.0. The Morgan fingerprint density at radius 1 is 1.38 bits per heavy atom. The van der Waals surface area contributed by atoms with E-state index in [1.807, 2.05) is 39.5 Å². The second-order valence-corrected chi connectivity index (χ2v) is 8.24. The van der Waals surface area contributed by atoms with E-state index >= 15 is 0 Å². The molecule has 3 fully saturated rings. The van der Waals surface area contributed by atoms with Crippen molar-refractivity contribution < 1.29 is 14.3 Å². The standard InChI is InChI=1S/C18H20N2O3S/c21-16(19-7-1-2-8-19)14-13-5-6-18(23-13)11-20(17(22)15(14)18)10-12-4-3-9-24-12/h3-6,9,13-15H,1-2,7-8,10-11H2. The van der Waals surface area contributed by atoms with Gasteiger partial charge in [-0.3, -0.25) is 9.59 Å². The topological polar surface area (TPSA) is 49.9 Å². The molecular formula is C18H20N2O3S. The van der Waals surface area contributed by atoms with E-state index in [0.29, 0.717) is 13.1 Å². The number of thiophene rings is 1. The third-order valence-corrected chi connectivity index (χ3v) is 6.67. The van der Waals surface area contributed by atoms with Gasteiger partial charge in [0.15, 0.2) is 0 Å². The highest BCUT2D eigenvalue weighted by Gasteiger charge is 2.67. The first-order valence-electron chi connectivity index (χ1n) is 8.65. The summed E-state index contributed by atoms with van der Waals surface area (Å²) in [6.45, 7) is 2.81. The minimum Gasteiger partial charge on any atom is -0.360 e. The van der Waals surface area contributed by atoms with Crippen LogP contribution < -0.4 is 0 Å². The molecule has 1 aromatic heterocycles. The molecule has 0 N–H and O–H groups in total. The molecule has 0 saturated carbocycles. The molecule has 126 valence electrons. The number of carbonyl (C=O) groups is 2. The fourth-order valence-corrected chi connectivity index (χ4v) is 5.45. The lowest BCUT2D eigenvalue weighted by Crippen LogP contribution is -2.45. The molecule has 0 radical (unpaired) electrons. The second kappa shape index (κ2) is 5.17. The molecule has 0 aliphatic carbocycles. The summed E-state index contributed by atoms with van der Waals surface area (Å²) in [6, 6.07) is 4.05. The van der Waals surface area contributed by atoms with Gasteiger partial charge in [-0.05, 0) is 24.3 Å². The number of likely N-dealkylation sites (tertiary alicyclic amines) is 2. The molecule has 4 aliphatic rings. The number of ether oxygens (including phenoxy) is 1. The van der Waals surface area contributed by atoms with Gasteiger partial charge in [0.25, 0.3) is 0 Å². The molecule has 4 atom stereocenters. The molecule has 4 unspecified atom stereocenters. The molecule has 2 amide bonds. The van der Waals surface area contributed by atoms with Crippen molar-refractivity contribution in [2.24, 2.45) is 11.8 Å². The van der Waals surface area contributed by atoms with Crippen LogP contribution in [-0.4, -0.2) is 53.0 Å². The summed E-state index contributed by atoms with van der Waals surface area (Å²) in [7, 11) is 0. The zero-order valence-corrected chi connectivity index (χ0v) is 14.2. The van der Waals surface area contributed by atoms with E-state index in [4.69, 9.17) is 4.74 Å². The molecule has 0 aromatic carbocycles. The number of nitrogens with zero attached hydrogens (tertiary/aromatic N) is 2. The van der Waals surface area contributed by atoms with Crippen molar-refractivity contribution >= 4 is 23.2 Å². The van der Waals surface area contributed by atoms with Crippen LogP contribution in [0.15, 0.2) is 29.7 Å². The van der Waals surface area contributed by atoms with Crippen LogP contribution in [0.25, 0.3) is 0 Å². The van der Waals surface area contributed by atoms with Crippen molar-refractivity contribution in [1.82, 2.24) is 9.80 Å². The lowest BCUT2D eigenvalue weighted by Gasteiger charge is -2.27. The predicted octanol–water partition coefficient (Wildman–Crippen LogP) is 1.65. The van der Waals surface area contributed by atoms with E-state index < -0.39 is 5.60 Å². The first-order valence-corrected chi connectivity index (χ1v) is 9.53. The fourth-order valence-electron chi connectivity index (χ4n) is 4.73. The molecule has 2 bridgehead atoms. The Balaban J connectivity index is 1.43. The van der Waals surface area contributed by atoms with Crippen LogP contribution in [0.1, 0.15) is 17.7 Å². The van der Waals surface area contributed by atoms with Crippen LogP contribution in [0.2, 0.25) is 0 Å². The summed E-state index contributed by atoms with van der Waals surface area (Å²) in [5, 5.41) is 2.02. The molecule has 24 heavy (non-hydrogen) atoms. The zero-order valence-electron chi connectivity index (χ0n) is 13.4. The normalized spacial score (nSPS) is 36.8. The summed E-state index contributed by atoms with van der Waals surface area (Å²) in [5.74, 6) is -0.498. The highest BCUT2D eigenvalue weighted by atomic mass is 32.1. The van der Waals surface area contributed by atoms with Crippen molar-refractivity contribution in [2.45, 2.75) is 31.1 Å². The SMILES string of the molecule is O=C(C1C2C=CC3(CN(Cc4cccs4)C(=O)C13)O2)N1CCCC1. The summed E-state index contributed by atoms with van der Waals surface area (Å²) >= 11 is 1.66. The minimum atomic E-state index is -0.584. The number of hydrogen-bond acceptors (Lipinski definition) is 4. The Labute approximate surface area is 144 Å². The van der Waals surface area contributed by atoms with E-state index in [2.05, 4.69) is 0 Å². The van der Waals surface area contributed by atoms with Gasteiger partial charge in [0, 0.05) is 18.0 Å². The minimum absolute atomic E-state index is 0.0767. The van der Waals surface area contributed by atoms with Gasteiger partial charge in [-0.1, -0.05) is 18.2 Å². The number of fused-ring (bicyclic) bond motifs is 1. The monoisotopic (exact) mass is 344 g/mol. The molecule has 1 aromatic rings. The number of hydrogen-bond donors (Lipinski definition) is 0. The van der Waals surface area contributed by atoms with Gasteiger partial charge in [0.1, 0.15) is 5.60 Å². The van der Waals surface area contributed by atoms with Crippen LogP contribution in [0, 0.1) is 11.8 Å². The van der Waals surface area contributed by atoms with Gasteiger partial charge in [-0.25, -0.2) is 0 Å².